The lowest BCUT2D eigenvalue weighted by molar-refractivity contribution is -0.132. The maximum absolute atomic E-state index is 13.6. The van der Waals surface area contributed by atoms with E-state index in [1.54, 1.807) is 47.6 Å². The Labute approximate surface area is 192 Å². The molecule has 1 aromatic heterocycles. The number of amides is 2. The molecule has 1 fully saturated rings. The maximum Gasteiger partial charge on any atom is 0.256 e. The molecule has 2 heterocycles. The Hall–Kier alpha value is -3.39. The third kappa shape index (κ3) is 5.51. The van der Waals surface area contributed by atoms with Crippen LogP contribution in [0, 0.1) is 11.7 Å². The van der Waals surface area contributed by atoms with Crippen LogP contribution >= 0.6 is 0 Å². The van der Waals surface area contributed by atoms with E-state index in [-0.39, 0.29) is 43.2 Å². The Morgan fingerprint density at radius 1 is 1.15 bits per heavy atom. The number of para-hydroxylation sites is 1. The number of fused-ring (bicyclic) bond motifs is 1. The smallest absolute Gasteiger partial charge is 0.256 e. The lowest BCUT2D eigenvalue weighted by Gasteiger charge is -2.26. The van der Waals surface area contributed by atoms with Gasteiger partial charge in [0.1, 0.15) is 17.9 Å². The normalized spacial score (nSPS) is 17.0. The van der Waals surface area contributed by atoms with E-state index >= 15 is 0 Å². The minimum atomic E-state index is -0.413. The fourth-order valence-electron chi connectivity index (χ4n) is 4.03. The molecule has 3 aromatic rings. The second-order valence-corrected chi connectivity index (χ2v) is 8.67. The lowest BCUT2D eigenvalue weighted by Crippen LogP contribution is -2.40. The van der Waals surface area contributed by atoms with Crippen molar-refractivity contribution >= 4 is 22.8 Å². The number of nitrogens with zero attached hydrogens (tertiary/aromatic N) is 4. The second-order valence-electron chi connectivity index (χ2n) is 8.67. The lowest BCUT2D eigenvalue weighted by atomic mass is 10.1. The van der Waals surface area contributed by atoms with Gasteiger partial charge in [0.25, 0.3) is 5.91 Å². The number of halogens is 1. The fourth-order valence-corrected chi connectivity index (χ4v) is 4.03. The molecule has 1 unspecified atom stereocenters. The van der Waals surface area contributed by atoms with Gasteiger partial charge in [-0.05, 0) is 35.7 Å². The number of carbonyl (C=O) groups is 2. The molecule has 172 valence electrons. The van der Waals surface area contributed by atoms with E-state index in [0.29, 0.717) is 35.2 Å². The molecular weight excluding hydrogens is 423 g/mol. The molecule has 33 heavy (non-hydrogen) atoms. The van der Waals surface area contributed by atoms with Gasteiger partial charge in [-0.2, -0.15) is 0 Å². The number of rotatable bonds is 6. The van der Waals surface area contributed by atoms with Crippen molar-refractivity contribution in [3.63, 3.8) is 0 Å². The monoisotopic (exact) mass is 450 g/mol. The highest BCUT2D eigenvalue weighted by atomic mass is 19.1. The van der Waals surface area contributed by atoms with Crippen molar-refractivity contribution in [2.75, 3.05) is 26.2 Å². The van der Waals surface area contributed by atoms with Gasteiger partial charge >= 0.3 is 0 Å². The largest absolute Gasteiger partial charge is 0.370 e. The minimum absolute atomic E-state index is 0.0397. The van der Waals surface area contributed by atoms with Crippen LogP contribution < -0.4 is 0 Å². The van der Waals surface area contributed by atoms with Gasteiger partial charge in [0.05, 0.1) is 23.8 Å². The third-order valence-electron chi connectivity index (χ3n) is 5.50. The van der Waals surface area contributed by atoms with Gasteiger partial charge in [-0.3, -0.25) is 19.6 Å². The minimum Gasteiger partial charge on any atom is -0.370 e. The van der Waals surface area contributed by atoms with Crippen LogP contribution in [0.15, 0.2) is 54.9 Å². The summed E-state index contributed by atoms with van der Waals surface area (Å²) in [5.74, 6) is -0.476. The molecule has 8 heteroatoms. The Balaban J connectivity index is 1.58. The van der Waals surface area contributed by atoms with Crippen molar-refractivity contribution in [2.24, 2.45) is 5.92 Å². The third-order valence-corrected chi connectivity index (χ3v) is 5.50. The standard InChI is InChI=1S/C25H27FN4O3/c1-17(2)12-29-13-20(33-16-18-5-3-6-19(26)11-18)14-30(15-23(29)31)25(32)21-7-4-8-22-24(21)28-10-9-27-22/h3-11,17,20H,12-16H2,1-2H3. The first-order valence-electron chi connectivity index (χ1n) is 11.0. The van der Waals surface area contributed by atoms with E-state index in [4.69, 9.17) is 4.74 Å². The number of hydrogen-bond acceptors (Lipinski definition) is 5. The van der Waals surface area contributed by atoms with Gasteiger partial charge in [0, 0.05) is 32.0 Å². The number of benzene rings is 2. The summed E-state index contributed by atoms with van der Waals surface area (Å²) < 4.78 is 19.7. The molecule has 1 atom stereocenters. The van der Waals surface area contributed by atoms with Crippen molar-refractivity contribution in [2.45, 2.75) is 26.6 Å². The molecule has 0 aliphatic carbocycles. The Morgan fingerprint density at radius 2 is 1.94 bits per heavy atom. The maximum atomic E-state index is 13.6. The molecule has 0 spiro atoms. The zero-order valence-corrected chi connectivity index (χ0v) is 18.8. The molecule has 1 aliphatic heterocycles. The van der Waals surface area contributed by atoms with Crippen molar-refractivity contribution in [3.05, 3.63) is 71.8 Å². The predicted molar refractivity (Wildman–Crippen MR) is 122 cm³/mol. The molecule has 1 aliphatic rings. The number of hydrogen-bond donors (Lipinski definition) is 0. The first-order valence-corrected chi connectivity index (χ1v) is 11.0. The van der Waals surface area contributed by atoms with Gasteiger partial charge in [-0.1, -0.05) is 32.0 Å². The van der Waals surface area contributed by atoms with Crippen molar-refractivity contribution in [3.8, 4) is 0 Å². The van der Waals surface area contributed by atoms with Crippen LogP contribution in [-0.2, 0) is 16.1 Å². The number of carbonyl (C=O) groups excluding carboxylic acids is 2. The molecular formula is C25H27FN4O3. The van der Waals surface area contributed by atoms with Crippen LogP contribution in [0.25, 0.3) is 11.0 Å². The summed E-state index contributed by atoms with van der Waals surface area (Å²) in [6.45, 7) is 5.41. The highest BCUT2D eigenvalue weighted by Gasteiger charge is 2.32. The zero-order valence-electron chi connectivity index (χ0n) is 18.8. The summed E-state index contributed by atoms with van der Waals surface area (Å²) in [4.78, 5) is 38.4. The molecule has 1 saturated heterocycles. The second kappa shape index (κ2) is 10.0. The van der Waals surface area contributed by atoms with E-state index in [2.05, 4.69) is 9.97 Å². The Morgan fingerprint density at radius 3 is 2.73 bits per heavy atom. The quantitative estimate of drug-likeness (QED) is 0.576. The van der Waals surface area contributed by atoms with E-state index in [9.17, 15) is 14.0 Å². The SMILES string of the molecule is CC(C)CN1CC(OCc2cccc(F)c2)CN(C(=O)c2cccc3nccnc23)CC1=O. The molecule has 0 saturated carbocycles. The van der Waals surface area contributed by atoms with Crippen LogP contribution in [0.5, 0.6) is 0 Å². The summed E-state index contributed by atoms with van der Waals surface area (Å²) >= 11 is 0. The van der Waals surface area contributed by atoms with Crippen LogP contribution in [0.3, 0.4) is 0 Å². The molecule has 0 bridgehead atoms. The van der Waals surface area contributed by atoms with E-state index in [1.165, 1.54) is 17.0 Å². The first kappa shape index (κ1) is 22.8. The zero-order chi connectivity index (χ0) is 23.4. The molecule has 2 amide bonds. The number of aromatic nitrogens is 2. The van der Waals surface area contributed by atoms with Crippen LogP contribution in [0.2, 0.25) is 0 Å². The van der Waals surface area contributed by atoms with E-state index in [0.717, 1.165) is 0 Å². The van der Waals surface area contributed by atoms with Gasteiger partial charge in [0.2, 0.25) is 5.91 Å². The van der Waals surface area contributed by atoms with Crippen molar-refractivity contribution in [1.82, 2.24) is 19.8 Å². The van der Waals surface area contributed by atoms with Gasteiger partial charge in [-0.25, -0.2) is 4.39 Å². The average molecular weight is 451 g/mol. The van der Waals surface area contributed by atoms with Crippen molar-refractivity contribution in [1.29, 1.82) is 0 Å². The van der Waals surface area contributed by atoms with Gasteiger partial charge in [0.15, 0.2) is 0 Å². The van der Waals surface area contributed by atoms with Crippen LogP contribution in [0.1, 0.15) is 29.8 Å². The number of ether oxygens (including phenoxy) is 1. The summed E-state index contributed by atoms with van der Waals surface area (Å²) in [7, 11) is 0. The molecule has 2 aromatic carbocycles. The molecule has 7 nitrogen and oxygen atoms in total. The highest BCUT2D eigenvalue weighted by Crippen LogP contribution is 2.19. The predicted octanol–water partition coefficient (Wildman–Crippen LogP) is 3.29. The fraction of sp³-hybridized carbons (Fsp3) is 0.360. The topological polar surface area (TPSA) is 75.6 Å². The first-order chi connectivity index (χ1) is 15.9. The Bertz CT molecular complexity index is 1150. The summed E-state index contributed by atoms with van der Waals surface area (Å²) in [5.41, 5.74) is 2.21. The Kier molecular flexibility index (Phi) is 6.93. The van der Waals surface area contributed by atoms with Crippen LogP contribution in [-0.4, -0.2) is 63.9 Å². The van der Waals surface area contributed by atoms with Gasteiger partial charge in [-0.15, -0.1) is 0 Å². The average Bonchev–Trinajstić information content (AvgIpc) is 2.95. The van der Waals surface area contributed by atoms with Gasteiger partial charge < -0.3 is 14.5 Å². The van der Waals surface area contributed by atoms with E-state index < -0.39 is 6.10 Å². The summed E-state index contributed by atoms with van der Waals surface area (Å²) in [5, 5.41) is 0. The molecule has 0 N–H and O–H groups in total. The highest BCUT2D eigenvalue weighted by molar-refractivity contribution is 6.05. The summed E-state index contributed by atoms with van der Waals surface area (Å²) in [6.07, 6.45) is 2.71. The van der Waals surface area contributed by atoms with Crippen LogP contribution in [0.4, 0.5) is 4.39 Å². The molecule has 4 rings (SSSR count). The van der Waals surface area contributed by atoms with Crippen molar-refractivity contribution < 1.29 is 18.7 Å². The molecule has 0 radical (unpaired) electrons. The summed E-state index contributed by atoms with van der Waals surface area (Å²) in [6, 6.07) is 11.5. The van der Waals surface area contributed by atoms with E-state index in [1.807, 2.05) is 13.8 Å².